The van der Waals surface area contributed by atoms with Gasteiger partial charge in [-0.15, -0.1) is 0 Å². The smallest absolute Gasteiger partial charge is 0.0947 e. The topological polar surface area (TPSA) is 59.3 Å². The lowest BCUT2D eigenvalue weighted by molar-refractivity contribution is 0.160. The van der Waals surface area contributed by atoms with Crippen LogP contribution >= 0.6 is 0 Å². The SMILES string of the molecule is COCCNCC(O)c1cn(C)nc1C(C)(C)C. The molecule has 1 rings (SSSR count). The maximum Gasteiger partial charge on any atom is 0.0947 e. The molecule has 0 saturated heterocycles. The predicted molar refractivity (Wildman–Crippen MR) is 71.6 cm³/mol. The number of aryl methyl sites for hydroxylation is 1. The number of hydrogen-bond donors (Lipinski definition) is 2. The molecule has 0 saturated carbocycles. The first kappa shape index (κ1) is 15.1. The van der Waals surface area contributed by atoms with E-state index in [1.54, 1.807) is 11.8 Å². The molecule has 0 amide bonds. The summed E-state index contributed by atoms with van der Waals surface area (Å²) in [6.07, 6.45) is 1.35. The highest BCUT2D eigenvalue weighted by molar-refractivity contribution is 5.26. The van der Waals surface area contributed by atoms with Crippen molar-refractivity contribution in [2.45, 2.75) is 32.3 Å². The number of nitrogens with zero attached hydrogens (tertiary/aromatic N) is 2. The van der Waals surface area contributed by atoms with Crippen LogP contribution < -0.4 is 5.32 Å². The van der Waals surface area contributed by atoms with E-state index in [0.717, 1.165) is 17.8 Å². The highest BCUT2D eigenvalue weighted by Gasteiger charge is 2.25. The lowest BCUT2D eigenvalue weighted by atomic mass is 9.88. The fraction of sp³-hybridized carbons (Fsp3) is 0.769. The van der Waals surface area contributed by atoms with Gasteiger partial charge in [0, 0.05) is 44.4 Å². The molecule has 0 aliphatic carbocycles. The highest BCUT2D eigenvalue weighted by atomic mass is 16.5. The van der Waals surface area contributed by atoms with Crippen molar-refractivity contribution in [3.8, 4) is 0 Å². The van der Waals surface area contributed by atoms with E-state index >= 15 is 0 Å². The molecule has 0 bridgehead atoms. The molecule has 0 aromatic carbocycles. The molecule has 0 spiro atoms. The van der Waals surface area contributed by atoms with Crippen LogP contribution in [0.5, 0.6) is 0 Å². The summed E-state index contributed by atoms with van der Waals surface area (Å²) < 4.78 is 6.71. The normalized spacial score (nSPS) is 13.9. The Kier molecular flexibility index (Phi) is 5.31. The van der Waals surface area contributed by atoms with E-state index in [4.69, 9.17) is 4.74 Å². The number of nitrogens with one attached hydrogen (secondary N) is 1. The lowest BCUT2D eigenvalue weighted by Gasteiger charge is -2.20. The molecule has 104 valence electrons. The van der Waals surface area contributed by atoms with E-state index < -0.39 is 6.10 Å². The van der Waals surface area contributed by atoms with E-state index in [0.29, 0.717) is 13.2 Å². The second-order valence-corrected chi connectivity index (χ2v) is 5.57. The molecule has 0 aliphatic rings. The van der Waals surface area contributed by atoms with Crippen LogP contribution in [0.15, 0.2) is 6.20 Å². The van der Waals surface area contributed by atoms with E-state index in [1.165, 1.54) is 0 Å². The van der Waals surface area contributed by atoms with Gasteiger partial charge in [-0.25, -0.2) is 0 Å². The Morgan fingerprint density at radius 2 is 2.17 bits per heavy atom. The summed E-state index contributed by atoms with van der Waals surface area (Å²) in [6, 6.07) is 0. The molecule has 1 atom stereocenters. The standard InChI is InChI=1S/C13H25N3O2/c1-13(2,3)12-10(9-16(4)15-12)11(17)8-14-6-7-18-5/h9,11,14,17H,6-8H2,1-5H3. The summed E-state index contributed by atoms with van der Waals surface area (Å²) in [5.74, 6) is 0. The van der Waals surface area contributed by atoms with Gasteiger partial charge < -0.3 is 15.2 Å². The zero-order chi connectivity index (χ0) is 13.8. The summed E-state index contributed by atoms with van der Waals surface area (Å²) in [6.45, 7) is 8.19. The summed E-state index contributed by atoms with van der Waals surface area (Å²) in [5.41, 5.74) is 1.78. The highest BCUT2D eigenvalue weighted by Crippen LogP contribution is 2.27. The molecular formula is C13H25N3O2. The second kappa shape index (κ2) is 6.31. The van der Waals surface area contributed by atoms with Crippen molar-refractivity contribution >= 4 is 0 Å². The van der Waals surface area contributed by atoms with Gasteiger partial charge in [-0.1, -0.05) is 20.8 Å². The molecule has 2 N–H and O–H groups in total. The fourth-order valence-electron chi connectivity index (χ4n) is 1.86. The molecule has 0 radical (unpaired) electrons. The summed E-state index contributed by atoms with van der Waals surface area (Å²) in [4.78, 5) is 0. The number of aromatic nitrogens is 2. The van der Waals surface area contributed by atoms with Crippen molar-refractivity contribution in [1.82, 2.24) is 15.1 Å². The monoisotopic (exact) mass is 255 g/mol. The van der Waals surface area contributed by atoms with E-state index in [2.05, 4.69) is 31.2 Å². The maximum absolute atomic E-state index is 10.2. The average molecular weight is 255 g/mol. The van der Waals surface area contributed by atoms with Gasteiger partial charge in [-0.05, 0) is 0 Å². The number of hydrogen-bond acceptors (Lipinski definition) is 4. The van der Waals surface area contributed by atoms with Gasteiger partial charge in [-0.3, -0.25) is 4.68 Å². The molecule has 1 heterocycles. The van der Waals surface area contributed by atoms with E-state index in [9.17, 15) is 5.11 Å². The van der Waals surface area contributed by atoms with E-state index in [1.807, 2.05) is 13.2 Å². The Balaban J connectivity index is 2.70. The zero-order valence-electron chi connectivity index (χ0n) is 12.0. The summed E-state index contributed by atoms with van der Waals surface area (Å²) >= 11 is 0. The first-order chi connectivity index (χ1) is 8.36. The van der Waals surface area contributed by atoms with Crippen molar-refractivity contribution in [3.05, 3.63) is 17.5 Å². The van der Waals surface area contributed by atoms with Crippen LogP contribution in [0.4, 0.5) is 0 Å². The van der Waals surface area contributed by atoms with Crippen LogP contribution in [0, 0.1) is 0 Å². The van der Waals surface area contributed by atoms with Crippen LogP contribution in [0.2, 0.25) is 0 Å². The number of aliphatic hydroxyl groups is 1. The van der Waals surface area contributed by atoms with Crippen LogP contribution in [0.1, 0.15) is 38.1 Å². The van der Waals surface area contributed by atoms with E-state index in [-0.39, 0.29) is 5.41 Å². The molecule has 5 nitrogen and oxygen atoms in total. The van der Waals surface area contributed by atoms with Gasteiger partial charge in [-0.2, -0.15) is 5.10 Å². The largest absolute Gasteiger partial charge is 0.387 e. The van der Waals surface area contributed by atoms with Gasteiger partial charge in [0.2, 0.25) is 0 Å². The van der Waals surface area contributed by atoms with Crippen LogP contribution in [0.3, 0.4) is 0 Å². The molecule has 18 heavy (non-hydrogen) atoms. The third kappa shape index (κ3) is 4.08. The lowest BCUT2D eigenvalue weighted by Crippen LogP contribution is -2.26. The number of ether oxygens (including phenoxy) is 1. The van der Waals surface area contributed by atoms with Gasteiger partial charge in [0.1, 0.15) is 0 Å². The number of methoxy groups -OCH3 is 1. The van der Waals surface area contributed by atoms with Gasteiger partial charge in [0.15, 0.2) is 0 Å². The molecule has 1 aromatic rings. The molecular weight excluding hydrogens is 230 g/mol. The van der Waals surface area contributed by atoms with Crippen molar-refractivity contribution < 1.29 is 9.84 Å². The molecule has 5 heteroatoms. The van der Waals surface area contributed by atoms with Crippen molar-refractivity contribution in [1.29, 1.82) is 0 Å². The fourth-order valence-corrected chi connectivity index (χ4v) is 1.86. The third-order valence-electron chi connectivity index (χ3n) is 2.75. The van der Waals surface area contributed by atoms with Crippen LogP contribution in [-0.2, 0) is 17.2 Å². The Hall–Kier alpha value is -0.910. The minimum atomic E-state index is -0.537. The van der Waals surface area contributed by atoms with Crippen LogP contribution in [0.25, 0.3) is 0 Å². The van der Waals surface area contributed by atoms with Crippen LogP contribution in [-0.4, -0.2) is 41.7 Å². The number of rotatable bonds is 6. The Morgan fingerprint density at radius 1 is 1.50 bits per heavy atom. The van der Waals surface area contributed by atoms with Crippen molar-refractivity contribution in [3.63, 3.8) is 0 Å². The summed E-state index contributed by atoms with van der Waals surface area (Å²) in [7, 11) is 3.54. The minimum absolute atomic E-state index is 0.0654. The van der Waals surface area contributed by atoms with Gasteiger partial charge in [0.25, 0.3) is 0 Å². The van der Waals surface area contributed by atoms with Crippen molar-refractivity contribution in [2.24, 2.45) is 7.05 Å². The first-order valence-corrected chi connectivity index (χ1v) is 6.28. The van der Waals surface area contributed by atoms with Gasteiger partial charge in [0.05, 0.1) is 18.4 Å². The quantitative estimate of drug-likeness (QED) is 0.744. The minimum Gasteiger partial charge on any atom is -0.387 e. The molecule has 0 fully saturated rings. The number of aliphatic hydroxyl groups excluding tert-OH is 1. The Labute approximate surface area is 109 Å². The summed E-state index contributed by atoms with van der Waals surface area (Å²) in [5, 5.41) is 17.8. The zero-order valence-corrected chi connectivity index (χ0v) is 12.0. The average Bonchev–Trinajstić information content (AvgIpc) is 2.66. The molecule has 0 aliphatic heterocycles. The van der Waals surface area contributed by atoms with Gasteiger partial charge >= 0.3 is 0 Å². The Bertz CT molecular complexity index is 369. The maximum atomic E-state index is 10.2. The van der Waals surface area contributed by atoms with Crippen molar-refractivity contribution in [2.75, 3.05) is 26.8 Å². The molecule has 1 unspecified atom stereocenters. The third-order valence-corrected chi connectivity index (χ3v) is 2.75. The molecule has 1 aromatic heterocycles. The Morgan fingerprint density at radius 3 is 2.72 bits per heavy atom. The predicted octanol–water partition coefficient (Wildman–Crippen LogP) is 0.987. The second-order valence-electron chi connectivity index (χ2n) is 5.57. The first-order valence-electron chi connectivity index (χ1n) is 6.28.